The van der Waals surface area contributed by atoms with Gasteiger partial charge < -0.3 is 14.9 Å². The smallest absolute Gasteiger partial charge is 0.302 e. The first-order valence-electron chi connectivity index (χ1n) is 15.0. The second-order valence-corrected chi connectivity index (χ2v) is 16.1. The van der Waals surface area contributed by atoms with Crippen molar-refractivity contribution in [2.45, 2.75) is 138 Å². The van der Waals surface area contributed by atoms with Crippen LogP contribution in [-0.2, 0) is 9.53 Å². The molecule has 0 radical (unpaired) electrons. The zero-order chi connectivity index (χ0) is 26.7. The van der Waals surface area contributed by atoms with Crippen molar-refractivity contribution >= 4 is 5.97 Å². The first-order chi connectivity index (χ1) is 16.4. The number of rotatable bonds is 2. The van der Waals surface area contributed by atoms with Crippen LogP contribution in [0, 0.1) is 56.7 Å². The highest BCUT2D eigenvalue weighted by atomic mass is 16.5. The lowest BCUT2D eigenvalue weighted by atomic mass is 9.31. The van der Waals surface area contributed by atoms with Crippen molar-refractivity contribution in [1.82, 2.24) is 0 Å². The number of ether oxygens (including phenoxy) is 1. The summed E-state index contributed by atoms with van der Waals surface area (Å²) < 4.78 is 5.82. The molecule has 0 aromatic rings. The van der Waals surface area contributed by atoms with Crippen molar-refractivity contribution in [3.05, 3.63) is 0 Å². The van der Waals surface area contributed by atoms with E-state index in [0.29, 0.717) is 41.4 Å². The molecule has 2 N–H and O–H groups in total. The number of hydrogen-bond donors (Lipinski definition) is 2. The molecule has 5 saturated carbocycles. The zero-order valence-electron chi connectivity index (χ0n) is 24.6. The average Bonchev–Trinajstić information content (AvgIpc) is 3.10. The van der Waals surface area contributed by atoms with Gasteiger partial charge in [-0.1, -0.05) is 41.5 Å². The third-order valence-corrected chi connectivity index (χ3v) is 14.2. The van der Waals surface area contributed by atoms with Crippen LogP contribution in [0.25, 0.3) is 0 Å². The van der Waals surface area contributed by atoms with Gasteiger partial charge in [-0.3, -0.25) is 4.79 Å². The van der Waals surface area contributed by atoms with Gasteiger partial charge in [0.2, 0.25) is 0 Å². The largest absolute Gasteiger partial charge is 0.462 e. The van der Waals surface area contributed by atoms with Crippen LogP contribution in [0.3, 0.4) is 0 Å². The van der Waals surface area contributed by atoms with E-state index in [1.54, 1.807) is 0 Å². The van der Waals surface area contributed by atoms with E-state index in [0.717, 1.165) is 12.8 Å². The van der Waals surface area contributed by atoms with Gasteiger partial charge in [0.25, 0.3) is 0 Å². The molecule has 5 rings (SSSR count). The van der Waals surface area contributed by atoms with E-state index in [-0.39, 0.29) is 33.7 Å². The van der Waals surface area contributed by atoms with Crippen molar-refractivity contribution in [2.75, 3.05) is 0 Å². The topological polar surface area (TPSA) is 66.8 Å². The van der Waals surface area contributed by atoms with Crippen molar-refractivity contribution < 1.29 is 19.7 Å². The normalized spacial score (nSPS) is 54.0. The summed E-state index contributed by atoms with van der Waals surface area (Å²) in [6.07, 6.45) is 9.48. The van der Waals surface area contributed by atoms with Gasteiger partial charge in [-0.05, 0) is 111 Å². The molecule has 0 bridgehead atoms. The Bertz CT molecular complexity index is 904. The van der Waals surface area contributed by atoms with Crippen LogP contribution < -0.4 is 0 Å². The summed E-state index contributed by atoms with van der Waals surface area (Å²) in [4.78, 5) is 11.9. The third-order valence-electron chi connectivity index (χ3n) is 14.2. The maximum Gasteiger partial charge on any atom is 0.302 e. The predicted octanol–water partition coefficient (Wildman–Crippen LogP) is 6.76. The Balaban J connectivity index is 1.51. The summed E-state index contributed by atoms with van der Waals surface area (Å²) in [6.45, 7) is 20.3. The summed E-state index contributed by atoms with van der Waals surface area (Å²) in [5, 5.41) is 22.8. The molecule has 11 atom stereocenters. The molecule has 4 nitrogen and oxygen atoms in total. The van der Waals surface area contributed by atoms with Gasteiger partial charge in [-0.2, -0.15) is 0 Å². The molecule has 0 heterocycles. The fourth-order valence-corrected chi connectivity index (χ4v) is 12.3. The monoisotopic (exact) mass is 502 g/mol. The molecular weight excluding hydrogens is 448 g/mol. The van der Waals surface area contributed by atoms with E-state index in [1.807, 2.05) is 13.8 Å². The number of carbonyl (C=O) groups excluding carboxylic acids is 1. The molecule has 5 fully saturated rings. The second kappa shape index (κ2) is 7.96. The number of aliphatic hydroxyl groups excluding tert-OH is 1. The molecule has 0 aliphatic heterocycles. The molecule has 5 aliphatic rings. The molecule has 0 amide bonds. The summed E-state index contributed by atoms with van der Waals surface area (Å²) in [6, 6.07) is 0. The van der Waals surface area contributed by atoms with Crippen molar-refractivity contribution in [1.29, 1.82) is 0 Å². The van der Waals surface area contributed by atoms with Gasteiger partial charge in [-0.25, -0.2) is 0 Å². The molecule has 0 saturated heterocycles. The second-order valence-electron chi connectivity index (χ2n) is 16.1. The highest BCUT2D eigenvalue weighted by molar-refractivity contribution is 5.66. The van der Waals surface area contributed by atoms with Crippen LogP contribution in [0.15, 0.2) is 0 Å². The van der Waals surface area contributed by atoms with Crippen LogP contribution in [-0.4, -0.2) is 34.0 Å². The van der Waals surface area contributed by atoms with E-state index in [1.165, 1.54) is 45.4 Å². The van der Waals surface area contributed by atoms with Crippen molar-refractivity contribution in [3.8, 4) is 0 Å². The number of fused-ring (bicyclic) bond motifs is 7. The van der Waals surface area contributed by atoms with E-state index < -0.39 is 11.7 Å². The summed E-state index contributed by atoms with van der Waals surface area (Å²) >= 11 is 0. The Morgan fingerprint density at radius 3 is 2.03 bits per heavy atom. The van der Waals surface area contributed by atoms with Crippen LogP contribution in [0.5, 0.6) is 0 Å². The molecule has 4 heteroatoms. The Morgan fingerprint density at radius 1 is 0.833 bits per heavy atom. The summed E-state index contributed by atoms with van der Waals surface area (Å²) in [5.74, 6) is 2.29. The quantitative estimate of drug-likeness (QED) is 0.409. The van der Waals surface area contributed by atoms with Gasteiger partial charge >= 0.3 is 5.97 Å². The molecule has 0 unspecified atom stereocenters. The number of esters is 1. The standard InChI is InChI=1S/C32H54O4/c1-19(33)36-26-18-25(34)32(9)22(27(26,2)3)14-17-31(8)24(32)11-10-23-29(6)15-12-20(28(4,5)35)21(29)13-16-30(23,31)7/h20-26,34-35H,10-18H2,1-9H3/t20-,21-,22+,23+,24+,25+,26-,29-,30+,31+,32-/m0/s1. The fourth-order valence-electron chi connectivity index (χ4n) is 12.3. The van der Waals surface area contributed by atoms with Crippen LogP contribution in [0.4, 0.5) is 0 Å². The Labute approximate surface area is 220 Å². The lowest BCUT2D eigenvalue weighted by molar-refractivity contribution is -0.279. The summed E-state index contributed by atoms with van der Waals surface area (Å²) in [7, 11) is 0. The minimum Gasteiger partial charge on any atom is -0.462 e. The van der Waals surface area contributed by atoms with Gasteiger partial charge in [0, 0.05) is 24.2 Å². The van der Waals surface area contributed by atoms with E-state index >= 15 is 0 Å². The van der Waals surface area contributed by atoms with E-state index in [4.69, 9.17) is 4.74 Å². The molecule has 5 aliphatic carbocycles. The third kappa shape index (κ3) is 3.28. The average molecular weight is 503 g/mol. The molecule has 36 heavy (non-hydrogen) atoms. The molecule has 0 aromatic carbocycles. The predicted molar refractivity (Wildman–Crippen MR) is 143 cm³/mol. The van der Waals surface area contributed by atoms with Gasteiger partial charge in [0.05, 0.1) is 11.7 Å². The number of aliphatic hydroxyl groups is 2. The Morgan fingerprint density at radius 2 is 1.42 bits per heavy atom. The zero-order valence-corrected chi connectivity index (χ0v) is 24.6. The van der Waals surface area contributed by atoms with E-state index in [9.17, 15) is 15.0 Å². The minimum atomic E-state index is -0.598. The number of carbonyl (C=O) groups is 1. The van der Waals surface area contributed by atoms with Crippen LogP contribution in [0.2, 0.25) is 0 Å². The highest BCUT2D eigenvalue weighted by Crippen LogP contribution is 2.78. The molecular formula is C32H54O4. The molecule has 0 aromatic heterocycles. The highest BCUT2D eigenvalue weighted by Gasteiger charge is 2.72. The number of hydrogen-bond acceptors (Lipinski definition) is 4. The van der Waals surface area contributed by atoms with Crippen molar-refractivity contribution in [3.63, 3.8) is 0 Å². The Kier molecular flexibility index (Phi) is 5.97. The minimum absolute atomic E-state index is 0.145. The maximum atomic E-state index is 11.9. The summed E-state index contributed by atoms with van der Waals surface area (Å²) in [5.41, 5.74) is -0.168. The van der Waals surface area contributed by atoms with Crippen molar-refractivity contribution in [2.24, 2.45) is 56.7 Å². The lowest BCUT2D eigenvalue weighted by Crippen LogP contribution is -2.70. The lowest BCUT2D eigenvalue weighted by Gasteiger charge is -2.74. The van der Waals surface area contributed by atoms with Gasteiger partial charge in [0.1, 0.15) is 6.10 Å². The fraction of sp³-hybridized carbons (Fsp3) is 0.969. The first-order valence-corrected chi connectivity index (χ1v) is 15.0. The first kappa shape index (κ1) is 27.0. The van der Waals surface area contributed by atoms with Crippen LogP contribution >= 0.6 is 0 Å². The van der Waals surface area contributed by atoms with Gasteiger partial charge in [-0.15, -0.1) is 0 Å². The van der Waals surface area contributed by atoms with Crippen LogP contribution in [0.1, 0.15) is 120 Å². The molecule has 206 valence electrons. The maximum absolute atomic E-state index is 11.9. The molecule has 0 spiro atoms. The SMILES string of the molecule is CC(=O)O[C@H]1C[C@@H](O)[C@@]2(C)[C@H](CC[C@]3(C)[C@H]2CC[C@@H]2[C@@]4(C)CC[C@H](C(C)(C)O)[C@@H]4CC[C@]23C)C1(C)C. The van der Waals surface area contributed by atoms with E-state index in [2.05, 4.69) is 41.5 Å². The Hall–Kier alpha value is -0.610. The van der Waals surface area contributed by atoms with Gasteiger partial charge in [0.15, 0.2) is 0 Å².